The lowest BCUT2D eigenvalue weighted by atomic mass is 9.77. The van der Waals surface area contributed by atoms with Crippen molar-refractivity contribution in [1.82, 2.24) is 5.32 Å². The average molecular weight is 454 g/mol. The van der Waals surface area contributed by atoms with Crippen LogP contribution in [0.3, 0.4) is 0 Å². The van der Waals surface area contributed by atoms with Crippen molar-refractivity contribution in [3.05, 3.63) is 113 Å². The van der Waals surface area contributed by atoms with Gasteiger partial charge in [0.15, 0.2) is 5.78 Å². The first-order chi connectivity index (χ1) is 16.5. The standard InChI is InChI=1S/C30H31NO3/c1-4-34-30(33)29-26(23-17-12-21(3)13-18-23)27(28(31-29)24-8-6-5-7-9-24)25(32)19-16-22-14-10-20(2)11-15-22/h5-19,26-29,31H,4H2,1-3H3/b19-16+/t26-,27-,28-,29-/m0/s1. The molecule has 1 heterocycles. The van der Waals surface area contributed by atoms with Crippen LogP contribution in [0.1, 0.15) is 46.7 Å². The molecule has 4 rings (SSSR count). The van der Waals surface area contributed by atoms with E-state index < -0.39 is 12.0 Å². The van der Waals surface area contributed by atoms with E-state index in [0.717, 1.165) is 22.3 Å². The maximum Gasteiger partial charge on any atom is 0.323 e. The number of allylic oxidation sites excluding steroid dienone is 1. The van der Waals surface area contributed by atoms with Gasteiger partial charge in [0.05, 0.1) is 12.5 Å². The van der Waals surface area contributed by atoms with Crippen molar-refractivity contribution in [3.63, 3.8) is 0 Å². The molecule has 0 bridgehead atoms. The molecule has 4 atom stereocenters. The van der Waals surface area contributed by atoms with Gasteiger partial charge in [0.2, 0.25) is 0 Å². The van der Waals surface area contributed by atoms with Gasteiger partial charge >= 0.3 is 5.97 Å². The number of carbonyl (C=O) groups excluding carboxylic acids is 2. The molecule has 1 saturated heterocycles. The Morgan fingerprint density at radius 2 is 1.47 bits per heavy atom. The van der Waals surface area contributed by atoms with Crippen molar-refractivity contribution >= 4 is 17.8 Å². The molecule has 0 unspecified atom stereocenters. The van der Waals surface area contributed by atoms with E-state index in [0.29, 0.717) is 6.61 Å². The number of carbonyl (C=O) groups is 2. The Morgan fingerprint density at radius 1 is 0.853 bits per heavy atom. The normalized spacial score (nSPS) is 22.1. The number of hydrogen-bond donors (Lipinski definition) is 1. The van der Waals surface area contributed by atoms with Gasteiger partial charge in [-0.2, -0.15) is 0 Å². The lowest BCUT2D eigenvalue weighted by Gasteiger charge is -2.24. The molecule has 0 spiro atoms. The van der Waals surface area contributed by atoms with Crippen molar-refractivity contribution in [3.8, 4) is 0 Å². The van der Waals surface area contributed by atoms with E-state index in [9.17, 15) is 9.59 Å². The van der Waals surface area contributed by atoms with Crippen molar-refractivity contribution in [2.75, 3.05) is 6.61 Å². The highest BCUT2D eigenvalue weighted by Crippen LogP contribution is 2.44. The van der Waals surface area contributed by atoms with Crippen LogP contribution < -0.4 is 5.32 Å². The van der Waals surface area contributed by atoms with Crippen LogP contribution in [0.5, 0.6) is 0 Å². The fourth-order valence-corrected chi connectivity index (χ4v) is 4.72. The summed E-state index contributed by atoms with van der Waals surface area (Å²) in [6.45, 7) is 6.16. The molecule has 3 aromatic carbocycles. The summed E-state index contributed by atoms with van der Waals surface area (Å²) < 4.78 is 5.42. The summed E-state index contributed by atoms with van der Waals surface area (Å²) in [5.74, 6) is -1.15. The third kappa shape index (κ3) is 5.18. The number of nitrogens with one attached hydrogen (secondary N) is 1. The largest absolute Gasteiger partial charge is 0.465 e. The fourth-order valence-electron chi connectivity index (χ4n) is 4.72. The van der Waals surface area contributed by atoms with Gasteiger partial charge in [-0.3, -0.25) is 14.9 Å². The average Bonchev–Trinajstić information content (AvgIpc) is 3.26. The number of ether oxygens (including phenoxy) is 1. The Morgan fingerprint density at radius 3 is 2.09 bits per heavy atom. The van der Waals surface area contributed by atoms with Gasteiger partial charge in [-0.15, -0.1) is 0 Å². The van der Waals surface area contributed by atoms with E-state index in [2.05, 4.69) is 5.32 Å². The summed E-state index contributed by atoms with van der Waals surface area (Å²) in [5, 5.41) is 3.46. The number of aryl methyl sites for hydroxylation is 2. The first-order valence-corrected chi connectivity index (χ1v) is 11.8. The molecule has 174 valence electrons. The highest BCUT2D eigenvalue weighted by atomic mass is 16.5. The SMILES string of the molecule is CCOC(=O)[C@H]1N[C@@H](c2ccccc2)[C@@H](C(=O)/C=C/c2ccc(C)cc2)[C@@H]1c1ccc(C)cc1. The van der Waals surface area contributed by atoms with Gasteiger partial charge in [0.25, 0.3) is 0 Å². The van der Waals surface area contributed by atoms with Crippen molar-refractivity contribution < 1.29 is 14.3 Å². The number of ketones is 1. The molecule has 1 fully saturated rings. The minimum Gasteiger partial charge on any atom is -0.465 e. The van der Waals surface area contributed by atoms with Crippen LogP contribution >= 0.6 is 0 Å². The third-order valence-corrected chi connectivity index (χ3v) is 6.47. The van der Waals surface area contributed by atoms with E-state index in [-0.39, 0.29) is 23.7 Å². The number of esters is 1. The minimum absolute atomic E-state index is 0.0145. The number of benzene rings is 3. The summed E-state index contributed by atoms with van der Waals surface area (Å²) in [5.41, 5.74) is 5.20. The first-order valence-electron chi connectivity index (χ1n) is 11.8. The zero-order valence-corrected chi connectivity index (χ0v) is 19.9. The second-order valence-electron chi connectivity index (χ2n) is 8.89. The van der Waals surface area contributed by atoms with Gasteiger partial charge < -0.3 is 4.74 Å². The molecule has 4 nitrogen and oxygen atoms in total. The van der Waals surface area contributed by atoms with Crippen molar-refractivity contribution in [1.29, 1.82) is 0 Å². The highest BCUT2D eigenvalue weighted by molar-refractivity contribution is 5.98. The Labute approximate surface area is 201 Å². The second kappa shape index (κ2) is 10.6. The molecule has 34 heavy (non-hydrogen) atoms. The quantitative estimate of drug-likeness (QED) is 0.376. The Balaban J connectivity index is 1.76. The predicted octanol–water partition coefficient (Wildman–Crippen LogP) is 5.56. The van der Waals surface area contributed by atoms with Crippen LogP contribution in [0.25, 0.3) is 6.08 Å². The summed E-state index contributed by atoms with van der Waals surface area (Å²) in [7, 11) is 0. The summed E-state index contributed by atoms with van der Waals surface area (Å²) in [6, 6.07) is 25.1. The molecule has 0 aliphatic carbocycles. The zero-order chi connectivity index (χ0) is 24.1. The van der Waals surface area contributed by atoms with Crippen LogP contribution in [-0.4, -0.2) is 24.4 Å². The minimum atomic E-state index is -0.616. The Hall–Kier alpha value is -3.50. The van der Waals surface area contributed by atoms with E-state index in [1.807, 2.05) is 98.8 Å². The van der Waals surface area contributed by atoms with Gasteiger partial charge in [-0.25, -0.2) is 0 Å². The van der Waals surface area contributed by atoms with Crippen molar-refractivity contribution in [2.45, 2.75) is 38.8 Å². The summed E-state index contributed by atoms with van der Waals surface area (Å²) in [6.07, 6.45) is 3.51. The van der Waals surface area contributed by atoms with E-state index in [1.54, 1.807) is 13.0 Å². The zero-order valence-electron chi connectivity index (χ0n) is 19.9. The second-order valence-corrected chi connectivity index (χ2v) is 8.89. The summed E-state index contributed by atoms with van der Waals surface area (Å²) in [4.78, 5) is 26.8. The van der Waals surface area contributed by atoms with Crippen LogP contribution in [0, 0.1) is 19.8 Å². The van der Waals surface area contributed by atoms with Gasteiger partial charge in [-0.1, -0.05) is 96.1 Å². The maximum absolute atomic E-state index is 13.8. The maximum atomic E-state index is 13.8. The molecule has 0 saturated carbocycles. The number of rotatable bonds is 7. The Kier molecular flexibility index (Phi) is 7.39. The molecule has 1 N–H and O–H groups in total. The van der Waals surface area contributed by atoms with Gasteiger partial charge in [0, 0.05) is 12.0 Å². The molecule has 4 heteroatoms. The lowest BCUT2D eigenvalue weighted by Crippen LogP contribution is -2.37. The molecule has 0 radical (unpaired) electrons. The van der Waals surface area contributed by atoms with E-state index in [4.69, 9.17) is 4.74 Å². The molecule has 0 amide bonds. The molecule has 0 aromatic heterocycles. The third-order valence-electron chi connectivity index (χ3n) is 6.47. The predicted molar refractivity (Wildman–Crippen MR) is 135 cm³/mol. The monoisotopic (exact) mass is 453 g/mol. The molecule has 3 aromatic rings. The van der Waals surface area contributed by atoms with E-state index >= 15 is 0 Å². The van der Waals surface area contributed by atoms with Crippen LogP contribution in [0.15, 0.2) is 84.9 Å². The van der Waals surface area contributed by atoms with Crippen LogP contribution in [0.4, 0.5) is 0 Å². The lowest BCUT2D eigenvalue weighted by molar-refractivity contribution is -0.145. The molecular weight excluding hydrogens is 422 g/mol. The van der Waals surface area contributed by atoms with Gasteiger partial charge in [0.1, 0.15) is 6.04 Å². The van der Waals surface area contributed by atoms with E-state index in [1.165, 1.54) is 5.56 Å². The smallest absolute Gasteiger partial charge is 0.323 e. The summed E-state index contributed by atoms with van der Waals surface area (Å²) >= 11 is 0. The number of hydrogen-bond acceptors (Lipinski definition) is 4. The molecule has 1 aliphatic heterocycles. The van der Waals surface area contributed by atoms with Crippen LogP contribution in [-0.2, 0) is 14.3 Å². The molecular formula is C30H31NO3. The first kappa shape index (κ1) is 23.7. The van der Waals surface area contributed by atoms with Gasteiger partial charge in [-0.05, 0) is 43.5 Å². The Bertz CT molecular complexity index is 1150. The van der Waals surface area contributed by atoms with Crippen molar-refractivity contribution in [2.24, 2.45) is 5.92 Å². The fraction of sp³-hybridized carbons (Fsp3) is 0.267. The molecule has 1 aliphatic rings. The topological polar surface area (TPSA) is 55.4 Å². The van der Waals surface area contributed by atoms with Crippen LogP contribution in [0.2, 0.25) is 0 Å². The highest BCUT2D eigenvalue weighted by Gasteiger charge is 2.50.